The summed E-state index contributed by atoms with van der Waals surface area (Å²) in [4.78, 5) is 0. The Kier molecular flexibility index (Phi) is 3.24. The van der Waals surface area contributed by atoms with E-state index in [9.17, 15) is 8.78 Å². The molecule has 66 valence electrons. The van der Waals surface area contributed by atoms with E-state index in [0.717, 1.165) is 18.9 Å². The van der Waals surface area contributed by atoms with Crippen LogP contribution in [0.4, 0.5) is 8.78 Å². The van der Waals surface area contributed by atoms with E-state index < -0.39 is 12.5 Å². The highest BCUT2D eigenvalue weighted by Gasteiger charge is 2.21. The molecule has 1 nitrogen and oxygen atoms in total. The van der Waals surface area contributed by atoms with Crippen LogP contribution in [0.1, 0.15) is 26.2 Å². The summed E-state index contributed by atoms with van der Waals surface area (Å²) in [6.07, 6.45) is 1.43. The Hall–Kier alpha value is -0.180. The molecule has 0 aliphatic heterocycles. The van der Waals surface area contributed by atoms with Crippen LogP contribution in [0.2, 0.25) is 0 Å². The zero-order valence-electron chi connectivity index (χ0n) is 6.82. The van der Waals surface area contributed by atoms with E-state index in [-0.39, 0.29) is 0 Å². The Bertz CT molecular complexity index is 113. The summed E-state index contributed by atoms with van der Waals surface area (Å²) in [5, 5.41) is 2.80. The average molecular weight is 163 g/mol. The summed E-state index contributed by atoms with van der Waals surface area (Å²) in [5.41, 5.74) is 0. The van der Waals surface area contributed by atoms with Crippen molar-refractivity contribution in [3.8, 4) is 0 Å². The molecule has 1 fully saturated rings. The molecule has 1 atom stereocenters. The molecule has 0 spiro atoms. The molecule has 0 amide bonds. The van der Waals surface area contributed by atoms with Gasteiger partial charge in [-0.15, -0.1) is 0 Å². The molecule has 1 saturated carbocycles. The van der Waals surface area contributed by atoms with Crippen molar-refractivity contribution in [2.75, 3.05) is 6.54 Å². The van der Waals surface area contributed by atoms with Crippen LogP contribution in [0.15, 0.2) is 0 Å². The minimum atomic E-state index is -2.23. The smallest absolute Gasteiger partial charge is 0.253 e. The van der Waals surface area contributed by atoms with Gasteiger partial charge >= 0.3 is 0 Å². The van der Waals surface area contributed by atoms with Gasteiger partial charge < -0.3 is 5.32 Å². The fourth-order valence-electron chi connectivity index (χ4n) is 1.01. The van der Waals surface area contributed by atoms with E-state index in [0.29, 0.717) is 0 Å². The van der Waals surface area contributed by atoms with Gasteiger partial charge in [0.15, 0.2) is 0 Å². The largest absolute Gasteiger partial charge is 0.309 e. The van der Waals surface area contributed by atoms with Gasteiger partial charge in [-0.05, 0) is 25.8 Å². The first-order valence-electron chi connectivity index (χ1n) is 4.21. The lowest BCUT2D eigenvalue weighted by Gasteiger charge is -2.11. The zero-order valence-corrected chi connectivity index (χ0v) is 6.82. The fourth-order valence-corrected chi connectivity index (χ4v) is 1.01. The highest BCUT2D eigenvalue weighted by atomic mass is 19.3. The maximum atomic E-state index is 11.9. The Morgan fingerprint density at radius 2 is 2.09 bits per heavy atom. The van der Waals surface area contributed by atoms with E-state index in [1.165, 1.54) is 19.8 Å². The Labute approximate surface area is 66.2 Å². The third kappa shape index (κ3) is 3.65. The van der Waals surface area contributed by atoms with Gasteiger partial charge in [-0.1, -0.05) is 12.8 Å². The summed E-state index contributed by atoms with van der Waals surface area (Å²) >= 11 is 0. The van der Waals surface area contributed by atoms with Crippen LogP contribution >= 0.6 is 0 Å². The van der Waals surface area contributed by atoms with E-state index in [1.807, 2.05) is 0 Å². The molecule has 1 unspecified atom stereocenters. The molecule has 0 aromatic heterocycles. The summed E-state index contributed by atoms with van der Waals surface area (Å²) in [7, 11) is 0. The molecule has 0 bridgehead atoms. The monoisotopic (exact) mass is 163 g/mol. The van der Waals surface area contributed by atoms with Gasteiger partial charge in [-0.25, -0.2) is 8.78 Å². The lowest BCUT2D eigenvalue weighted by molar-refractivity contribution is 0.106. The minimum absolute atomic E-state index is 0.645. The lowest BCUT2D eigenvalue weighted by Crippen LogP contribution is -2.33. The zero-order chi connectivity index (χ0) is 8.27. The van der Waals surface area contributed by atoms with Gasteiger partial charge in [0, 0.05) is 0 Å². The highest BCUT2D eigenvalue weighted by Crippen LogP contribution is 2.31. The van der Waals surface area contributed by atoms with Crippen molar-refractivity contribution in [2.45, 2.75) is 38.7 Å². The van der Waals surface area contributed by atoms with Gasteiger partial charge in [-0.2, -0.15) is 0 Å². The van der Waals surface area contributed by atoms with Gasteiger partial charge in [0.25, 0.3) is 6.43 Å². The third-order valence-electron chi connectivity index (χ3n) is 2.09. The van der Waals surface area contributed by atoms with Crippen LogP contribution in [-0.4, -0.2) is 19.0 Å². The highest BCUT2D eigenvalue weighted by molar-refractivity contribution is 4.74. The number of alkyl halides is 2. The molecule has 1 aliphatic carbocycles. The second kappa shape index (κ2) is 4.00. The van der Waals surface area contributed by atoms with Crippen molar-refractivity contribution in [3.05, 3.63) is 0 Å². The maximum absolute atomic E-state index is 11.9. The first-order chi connectivity index (χ1) is 5.20. The fraction of sp³-hybridized carbons (Fsp3) is 1.00. The number of hydrogen-bond donors (Lipinski definition) is 1. The number of nitrogens with one attached hydrogen (secondary N) is 1. The third-order valence-corrected chi connectivity index (χ3v) is 2.09. The Morgan fingerprint density at radius 3 is 2.55 bits per heavy atom. The topological polar surface area (TPSA) is 12.0 Å². The number of halogens is 2. The molecule has 1 rings (SSSR count). The van der Waals surface area contributed by atoms with Gasteiger partial charge in [0.1, 0.15) is 0 Å². The van der Waals surface area contributed by atoms with Crippen LogP contribution in [0, 0.1) is 5.92 Å². The molecule has 1 aliphatic rings. The number of rotatable bonds is 5. The summed E-state index contributed by atoms with van der Waals surface area (Å²) in [5.74, 6) is 0.826. The molecule has 0 aromatic carbocycles. The van der Waals surface area contributed by atoms with Crippen molar-refractivity contribution in [1.29, 1.82) is 0 Å². The van der Waals surface area contributed by atoms with Crippen molar-refractivity contribution in [2.24, 2.45) is 5.92 Å². The van der Waals surface area contributed by atoms with Crippen LogP contribution in [0.5, 0.6) is 0 Å². The molecule has 0 heterocycles. The van der Waals surface area contributed by atoms with E-state index in [4.69, 9.17) is 0 Å². The summed E-state index contributed by atoms with van der Waals surface area (Å²) < 4.78 is 23.8. The van der Waals surface area contributed by atoms with Gasteiger partial charge in [-0.3, -0.25) is 0 Å². The number of hydrogen-bond acceptors (Lipinski definition) is 1. The standard InChI is InChI=1S/C8H15F2N/c1-6(8(9)10)11-5-4-7-2-3-7/h6-8,11H,2-5H2,1H3. The quantitative estimate of drug-likeness (QED) is 0.654. The van der Waals surface area contributed by atoms with Crippen molar-refractivity contribution in [1.82, 2.24) is 5.32 Å². The van der Waals surface area contributed by atoms with Crippen LogP contribution in [-0.2, 0) is 0 Å². The molecule has 1 N–H and O–H groups in total. The normalized spacial score (nSPS) is 20.7. The Balaban J connectivity index is 1.92. The Morgan fingerprint density at radius 1 is 1.45 bits per heavy atom. The van der Waals surface area contributed by atoms with E-state index in [1.54, 1.807) is 0 Å². The van der Waals surface area contributed by atoms with E-state index in [2.05, 4.69) is 5.32 Å². The average Bonchev–Trinajstić information content (AvgIpc) is 2.71. The molecule has 0 radical (unpaired) electrons. The molecule has 3 heteroatoms. The lowest BCUT2D eigenvalue weighted by atomic mass is 10.2. The molecular weight excluding hydrogens is 148 g/mol. The molecule has 0 aromatic rings. The second-order valence-electron chi connectivity index (χ2n) is 3.31. The van der Waals surface area contributed by atoms with Crippen molar-refractivity contribution >= 4 is 0 Å². The van der Waals surface area contributed by atoms with Gasteiger partial charge in [0.2, 0.25) is 0 Å². The first kappa shape index (κ1) is 8.91. The second-order valence-corrected chi connectivity index (χ2v) is 3.31. The van der Waals surface area contributed by atoms with Gasteiger partial charge in [0.05, 0.1) is 6.04 Å². The van der Waals surface area contributed by atoms with Crippen LogP contribution < -0.4 is 5.32 Å². The molecule has 0 saturated heterocycles. The predicted octanol–water partition coefficient (Wildman–Crippen LogP) is 2.03. The molecule has 11 heavy (non-hydrogen) atoms. The predicted molar refractivity (Wildman–Crippen MR) is 40.8 cm³/mol. The summed E-state index contributed by atoms with van der Waals surface area (Å²) in [6.45, 7) is 2.27. The minimum Gasteiger partial charge on any atom is -0.309 e. The summed E-state index contributed by atoms with van der Waals surface area (Å²) in [6, 6.07) is -0.645. The van der Waals surface area contributed by atoms with Crippen LogP contribution in [0.3, 0.4) is 0 Å². The van der Waals surface area contributed by atoms with E-state index >= 15 is 0 Å². The van der Waals surface area contributed by atoms with Crippen LogP contribution in [0.25, 0.3) is 0 Å². The van der Waals surface area contributed by atoms with Crippen molar-refractivity contribution in [3.63, 3.8) is 0 Å². The van der Waals surface area contributed by atoms with Crippen molar-refractivity contribution < 1.29 is 8.78 Å². The molecular formula is C8H15F2N. The SMILES string of the molecule is CC(NCCC1CC1)C(F)F. The first-order valence-corrected chi connectivity index (χ1v) is 4.21. The maximum Gasteiger partial charge on any atom is 0.253 e.